The summed E-state index contributed by atoms with van der Waals surface area (Å²) in [6.45, 7) is 6.78. The van der Waals surface area contributed by atoms with Gasteiger partial charge in [-0.3, -0.25) is 15.0 Å². The predicted molar refractivity (Wildman–Crippen MR) is 95.7 cm³/mol. The molecule has 1 atom stereocenters. The van der Waals surface area contributed by atoms with Gasteiger partial charge in [0.2, 0.25) is 0 Å². The van der Waals surface area contributed by atoms with Gasteiger partial charge in [0.15, 0.2) is 22.9 Å². The Balaban J connectivity index is 2.03. The Hall–Kier alpha value is -1.63. The number of piperidine rings is 1. The molecule has 6 nitrogen and oxygen atoms in total. The van der Waals surface area contributed by atoms with Gasteiger partial charge in [-0.25, -0.2) is 0 Å². The molecule has 3 rings (SSSR count). The summed E-state index contributed by atoms with van der Waals surface area (Å²) < 4.78 is 5.90. The molecule has 0 spiro atoms. The van der Waals surface area contributed by atoms with Gasteiger partial charge in [-0.15, -0.1) is 11.8 Å². The van der Waals surface area contributed by atoms with Crippen LogP contribution < -0.4 is 4.90 Å². The van der Waals surface area contributed by atoms with Crippen molar-refractivity contribution in [2.45, 2.75) is 38.6 Å². The van der Waals surface area contributed by atoms with Crippen molar-refractivity contribution in [1.29, 1.82) is 0 Å². The molecule has 7 heteroatoms. The Kier molecular flexibility index (Phi) is 5.15. The van der Waals surface area contributed by atoms with Crippen LogP contribution in [0.1, 0.15) is 31.9 Å². The van der Waals surface area contributed by atoms with Gasteiger partial charge in [0, 0.05) is 24.8 Å². The summed E-state index contributed by atoms with van der Waals surface area (Å²) in [5, 5.41) is 7.52. The van der Waals surface area contributed by atoms with Crippen LogP contribution in [0.4, 0.5) is 5.82 Å². The van der Waals surface area contributed by atoms with Gasteiger partial charge in [0.05, 0.1) is 12.8 Å². The highest BCUT2D eigenvalue weighted by atomic mass is 32.2. The van der Waals surface area contributed by atoms with E-state index in [4.69, 9.17) is 4.74 Å². The number of hydrogen-bond acceptors (Lipinski definition) is 6. The van der Waals surface area contributed by atoms with Crippen LogP contribution >= 0.6 is 11.8 Å². The van der Waals surface area contributed by atoms with E-state index in [1.54, 1.807) is 11.8 Å². The van der Waals surface area contributed by atoms with Crippen LogP contribution in [0.5, 0.6) is 0 Å². The smallest absolute Gasteiger partial charge is 0.177 e. The summed E-state index contributed by atoms with van der Waals surface area (Å²) >= 11 is 1.70. The van der Waals surface area contributed by atoms with E-state index in [1.165, 1.54) is 19.3 Å². The Labute approximate surface area is 142 Å². The number of aryl methyl sites for hydroxylation is 1. The van der Waals surface area contributed by atoms with Gasteiger partial charge in [-0.1, -0.05) is 0 Å². The van der Waals surface area contributed by atoms with E-state index in [9.17, 15) is 0 Å². The highest BCUT2D eigenvalue weighted by molar-refractivity contribution is 7.99. The zero-order chi connectivity index (χ0) is 16.2. The first-order chi connectivity index (χ1) is 11.2. The number of aromatic nitrogens is 2. The number of hydrogen-bond donors (Lipinski definition) is 1. The number of ether oxygens (including phenoxy) is 1. The number of aromatic amines is 1. The summed E-state index contributed by atoms with van der Waals surface area (Å²) in [7, 11) is 0. The van der Waals surface area contributed by atoms with Crippen molar-refractivity contribution in [3.05, 3.63) is 23.3 Å². The molecule has 23 heavy (non-hydrogen) atoms. The molecule has 1 N–H and O–H groups in total. The molecule has 3 heterocycles. The average Bonchev–Trinajstić information content (AvgIpc) is 3.01. The highest BCUT2D eigenvalue weighted by Gasteiger charge is 2.33. The molecule has 0 radical (unpaired) electrons. The van der Waals surface area contributed by atoms with Crippen LogP contribution in [-0.4, -0.2) is 52.8 Å². The van der Waals surface area contributed by atoms with Crippen LogP contribution in [-0.2, 0) is 4.74 Å². The summed E-state index contributed by atoms with van der Waals surface area (Å²) in [6, 6.07) is 2.07. The molecule has 1 aromatic rings. The van der Waals surface area contributed by atoms with Gasteiger partial charge in [0.1, 0.15) is 0 Å². The fourth-order valence-electron chi connectivity index (χ4n) is 3.07. The second kappa shape index (κ2) is 7.29. The lowest BCUT2D eigenvalue weighted by molar-refractivity contribution is 0.210. The van der Waals surface area contributed by atoms with E-state index in [0.717, 1.165) is 36.2 Å². The molecule has 1 unspecified atom stereocenters. The number of rotatable bonds is 5. The SMILES string of the molecule is CCOC1=C(N2CCCCC2)N(c2cc(C)[nH]n2)C(SC)N=C1. The van der Waals surface area contributed by atoms with E-state index in [2.05, 4.69) is 37.3 Å². The van der Waals surface area contributed by atoms with E-state index in [1.807, 2.05) is 20.1 Å². The topological polar surface area (TPSA) is 56.8 Å². The van der Waals surface area contributed by atoms with E-state index in [0.29, 0.717) is 6.61 Å². The molecule has 0 bridgehead atoms. The molecular formula is C16H25N5OS. The Bertz CT molecular complexity index is 591. The van der Waals surface area contributed by atoms with E-state index < -0.39 is 0 Å². The quantitative estimate of drug-likeness (QED) is 0.896. The minimum absolute atomic E-state index is 0.0150. The van der Waals surface area contributed by atoms with Crippen LogP contribution in [0.2, 0.25) is 0 Å². The van der Waals surface area contributed by atoms with E-state index >= 15 is 0 Å². The zero-order valence-electron chi connectivity index (χ0n) is 14.1. The molecule has 1 saturated heterocycles. The fraction of sp³-hybridized carbons (Fsp3) is 0.625. The maximum absolute atomic E-state index is 5.90. The summed E-state index contributed by atoms with van der Waals surface area (Å²) in [6.07, 6.45) is 7.70. The number of aliphatic imine (C=N–C) groups is 1. The first kappa shape index (κ1) is 16.2. The molecule has 126 valence electrons. The third kappa shape index (κ3) is 3.34. The molecule has 0 aliphatic carbocycles. The lowest BCUT2D eigenvalue weighted by Crippen LogP contribution is -2.45. The number of anilines is 1. The lowest BCUT2D eigenvalue weighted by atomic mass is 10.1. The second-order valence-electron chi connectivity index (χ2n) is 5.79. The zero-order valence-corrected chi connectivity index (χ0v) is 14.9. The summed E-state index contributed by atoms with van der Waals surface area (Å²) in [5.41, 5.74) is 1.03. The van der Waals surface area contributed by atoms with Crippen molar-refractivity contribution >= 4 is 23.8 Å². The summed E-state index contributed by atoms with van der Waals surface area (Å²) in [4.78, 5) is 9.28. The van der Waals surface area contributed by atoms with Crippen molar-refractivity contribution in [3.8, 4) is 0 Å². The maximum atomic E-state index is 5.90. The highest BCUT2D eigenvalue weighted by Crippen LogP contribution is 2.33. The number of allylic oxidation sites excluding steroid dienone is 1. The second-order valence-corrected chi connectivity index (χ2v) is 6.68. The molecule has 0 saturated carbocycles. The van der Waals surface area contributed by atoms with Gasteiger partial charge >= 0.3 is 0 Å². The molecular weight excluding hydrogens is 310 g/mol. The van der Waals surface area contributed by atoms with Crippen LogP contribution in [0.15, 0.2) is 22.6 Å². The van der Waals surface area contributed by atoms with Gasteiger partial charge in [0.25, 0.3) is 0 Å². The van der Waals surface area contributed by atoms with Crippen molar-refractivity contribution in [3.63, 3.8) is 0 Å². The van der Waals surface area contributed by atoms with E-state index in [-0.39, 0.29) is 5.50 Å². The fourth-order valence-corrected chi connectivity index (χ4v) is 3.67. The first-order valence-corrected chi connectivity index (χ1v) is 9.52. The molecule has 1 aromatic heterocycles. The van der Waals surface area contributed by atoms with Gasteiger partial charge in [-0.2, -0.15) is 5.10 Å². The normalized spacial score (nSPS) is 22.0. The van der Waals surface area contributed by atoms with Crippen molar-refractivity contribution in [2.24, 2.45) is 4.99 Å². The summed E-state index contributed by atoms with van der Waals surface area (Å²) in [5.74, 6) is 2.85. The van der Waals surface area contributed by atoms with Crippen LogP contribution in [0.3, 0.4) is 0 Å². The number of H-pyrrole nitrogens is 1. The van der Waals surface area contributed by atoms with Crippen molar-refractivity contribution in [2.75, 3.05) is 30.9 Å². The molecule has 1 fully saturated rings. The average molecular weight is 335 g/mol. The number of nitrogens with zero attached hydrogens (tertiary/aromatic N) is 4. The minimum Gasteiger partial charge on any atom is -0.488 e. The minimum atomic E-state index is -0.0150. The van der Waals surface area contributed by atoms with Gasteiger partial charge in [-0.05, 0) is 39.4 Å². The lowest BCUT2D eigenvalue weighted by Gasteiger charge is -2.41. The van der Waals surface area contributed by atoms with Crippen LogP contribution in [0, 0.1) is 6.92 Å². The third-order valence-electron chi connectivity index (χ3n) is 4.09. The number of nitrogens with one attached hydrogen (secondary N) is 1. The molecule has 2 aliphatic rings. The monoisotopic (exact) mass is 335 g/mol. The molecule has 0 amide bonds. The third-order valence-corrected chi connectivity index (χ3v) is 4.85. The largest absolute Gasteiger partial charge is 0.488 e. The Morgan fingerprint density at radius 3 is 2.74 bits per heavy atom. The number of likely N-dealkylation sites (tertiary alicyclic amines) is 1. The van der Waals surface area contributed by atoms with Gasteiger partial charge < -0.3 is 9.64 Å². The predicted octanol–water partition coefficient (Wildman–Crippen LogP) is 2.95. The number of thioether (sulfide) groups is 1. The molecule has 0 aromatic carbocycles. The van der Waals surface area contributed by atoms with Crippen LogP contribution in [0.25, 0.3) is 0 Å². The molecule has 2 aliphatic heterocycles. The maximum Gasteiger partial charge on any atom is 0.177 e. The Morgan fingerprint density at radius 1 is 1.35 bits per heavy atom. The standard InChI is InChI=1S/C16H25N5OS/c1-4-22-13-11-17-16(23-3)21(14-10-12(2)18-19-14)15(13)20-8-6-5-7-9-20/h10-11,16H,4-9H2,1-3H3,(H,18,19). The van der Waals surface area contributed by atoms with Crippen molar-refractivity contribution in [1.82, 2.24) is 15.1 Å². The first-order valence-electron chi connectivity index (χ1n) is 8.23. The van der Waals surface area contributed by atoms with Crippen molar-refractivity contribution < 1.29 is 4.74 Å². The Morgan fingerprint density at radius 2 is 2.13 bits per heavy atom.